The van der Waals surface area contributed by atoms with E-state index in [1.54, 1.807) is 61.5 Å². The molecule has 7 nitrogen and oxygen atoms in total. The second-order valence-electron chi connectivity index (χ2n) is 7.88. The molecule has 8 heteroatoms. The van der Waals surface area contributed by atoms with E-state index in [-0.39, 0.29) is 24.5 Å². The smallest absolute Gasteiger partial charge is 0.328 e. The lowest BCUT2D eigenvalue weighted by Crippen LogP contribution is -2.43. The Kier molecular flexibility index (Phi) is 7.48. The van der Waals surface area contributed by atoms with Crippen molar-refractivity contribution in [2.75, 3.05) is 11.9 Å². The SMILES string of the molecule is CCOC(=O)C(Cc1ccc(Cl)cc1)NC(=O)c1ccccc1NC(=O)c1cc2ccccc2[nH]1. The van der Waals surface area contributed by atoms with Gasteiger partial charge in [0.2, 0.25) is 0 Å². The molecule has 0 saturated carbocycles. The zero-order valence-electron chi connectivity index (χ0n) is 19.0. The van der Waals surface area contributed by atoms with Gasteiger partial charge in [-0.15, -0.1) is 0 Å². The lowest BCUT2D eigenvalue weighted by Gasteiger charge is -2.19. The highest BCUT2D eigenvalue weighted by Crippen LogP contribution is 2.20. The van der Waals surface area contributed by atoms with Crippen molar-refractivity contribution in [1.82, 2.24) is 10.3 Å². The fourth-order valence-corrected chi connectivity index (χ4v) is 3.83. The molecule has 0 bridgehead atoms. The number of aromatic nitrogens is 1. The number of hydrogen-bond acceptors (Lipinski definition) is 4. The van der Waals surface area contributed by atoms with Crippen molar-refractivity contribution in [1.29, 1.82) is 0 Å². The van der Waals surface area contributed by atoms with Crippen molar-refractivity contribution in [3.8, 4) is 0 Å². The Morgan fingerprint density at radius 3 is 2.40 bits per heavy atom. The number of esters is 1. The summed E-state index contributed by atoms with van der Waals surface area (Å²) in [6, 6.07) is 22.0. The highest BCUT2D eigenvalue weighted by Gasteiger charge is 2.25. The minimum atomic E-state index is -0.916. The number of para-hydroxylation sites is 2. The summed E-state index contributed by atoms with van der Waals surface area (Å²) in [5.74, 6) is -1.44. The van der Waals surface area contributed by atoms with E-state index in [2.05, 4.69) is 15.6 Å². The van der Waals surface area contributed by atoms with E-state index in [4.69, 9.17) is 16.3 Å². The maximum Gasteiger partial charge on any atom is 0.328 e. The lowest BCUT2D eigenvalue weighted by atomic mass is 10.0. The van der Waals surface area contributed by atoms with Gasteiger partial charge in [0.1, 0.15) is 11.7 Å². The zero-order chi connectivity index (χ0) is 24.8. The van der Waals surface area contributed by atoms with Crippen LogP contribution in [0.15, 0.2) is 78.9 Å². The molecule has 3 N–H and O–H groups in total. The molecule has 178 valence electrons. The molecule has 3 aromatic carbocycles. The van der Waals surface area contributed by atoms with Gasteiger partial charge in [-0.2, -0.15) is 0 Å². The molecule has 1 atom stereocenters. The number of ether oxygens (including phenoxy) is 1. The highest BCUT2D eigenvalue weighted by atomic mass is 35.5. The van der Waals surface area contributed by atoms with Crippen molar-refractivity contribution in [3.05, 3.63) is 101 Å². The topological polar surface area (TPSA) is 100 Å². The molecule has 4 aromatic rings. The first kappa shape index (κ1) is 24.0. The first-order valence-corrected chi connectivity index (χ1v) is 11.5. The van der Waals surface area contributed by atoms with E-state index in [0.29, 0.717) is 16.4 Å². The quantitative estimate of drug-likeness (QED) is 0.304. The number of halogens is 1. The van der Waals surface area contributed by atoms with Crippen LogP contribution in [0.5, 0.6) is 0 Å². The maximum atomic E-state index is 13.2. The summed E-state index contributed by atoms with van der Waals surface area (Å²) in [4.78, 5) is 41.7. The number of amides is 2. The van der Waals surface area contributed by atoms with Crippen molar-refractivity contribution in [2.45, 2.75) is 19.4 Å². The van der Waals surface area contributed by atoms with Crippen LogP contribution in [0.2, 0.25) is 5.02 Å². The normalized spacial score (nSPS) is 11.6. The molecule has 0 saturated heterocycles. The summed E-state index contributed by atoms with van der Waals surface area (Å²) in [5.41, 5.74) is 2.56. The Hall–Kier alpha value is -4.10. The molecular formula is C27H24ClN3O4. The first-order valence-electron chi connectivity index (χ1n) is 11.1. The molecule has 0 fully saturated rings. The van der Waals surface area contributed by atoms with Crippen molar-refractivity contribution in [3.63, 3.8) is 0 Å². The van der Waals surface area contributed by atoms with E-state index in [9.17, 15) is 14.4 Å². The maximum absolute atomic E-state index is 13.2. The average molecular weight is 490 g/mol. The van der Waals surface area contributed by atoms with Gasteiger partial charge in [0, 0.05) is 22.3 Å². The number of nitrogens with one attached hydrogen (secondary N) is 3. The third kappa shape index (κ3) is 5.88. The van der Waals surface area contributed by atoms with Crippen molar-refractivity contribution in [2.24, 2.45) is 0 Å². The summed E-state index contributed by atoms with van der Waals surface area (Å²) in [6.45, 7) is 1.89. The second kappa shape index (κ2) is 10.9. The van der Waals surface area contributed by atoms with E-state index in [0.717, 1.165) is 16.5 Å². The number of rotatable bonds is 8. The summed E-state index contributed by atoms with van der Waals surface area (Å²) in [6.07, 6.45) is 0.228. The van der Waals surface area contributed by atoms with Crippen LogP contribution in [0.3, 0.4) is 0 Å². The molecule has 1 unspecified atom stereocenters. The fourth-order valence-electron chi connectivity index (χ4n) is 3.70. The number of anilines is 1. The van der Waals surface area contributed by atoms with Crippen LogP contribution < -0.4 is 10.6 Å². The molecule has 0 aliphatic heterocycles. The fraction of sp³-hybridized carbons (Fsp3) is 0.148. The number of benzene rings is 3. The molecule has 0 spiro atoms. The molecule has 2 amide bonds. The molecule has 35 heavy (non-hydrogen) atoms. The van der Waals surface area contributed by atoms with Crippen LogP contribution >= 0.6 is 11.6 Å². The molecule has 1 aromatic heterocycles. The number of aromatic amines is 1. The van der Waals surface area contributed by atoms with Gasteiger partial charge < -0.3 is 20.4 Å². The molecule has 1 heterocycles. The van der Waals surface area contributed by atoms with Crippen LogP contribution in [0, 0.1) is 0 Å². The zero-order valence-corrected chi connectivity index (χ0v) is 19.8. The predicted octanol–water partition coefficient (Wildman–Crippen LogP) is 4.98. The summed E-state index contributed by atoms with van der Waals surface area (Å²) >= 11 is 5.95. The van der Waals surface area contributed by atoms with Gasteiger partial charge in [0.25, 0.3) is 11.8 Å². The number of hydrogen-bond donors (Lipinski definition) is 3. The average Bonchev–Trinajstić information content (AvgIpc) is 3.30. The Balaban J connectivity index is 1.53. The van der Waals surface area contributed by atoms with Crippen LogP contribution in [0.4, 0.5) is 5.69 Å². The Morgan fingerprint density at radius 1 is 0.943 bits per heavy atom. The van der Waals surface area contributed by atoms with Gasteiger partial charge in [-0.05, 0) is 48.9 Å². The van der Waals surface area contributed by atoms with E-state index >= 15 is 0 Å². The van der Waals surface area contributed by atoms with Gasteiger partial charge in [-0.1, -0.05) is 54.1 Å². The third-order valence-electron chi connectivity index (χ3n) is 5.42. The molecular weight excluding hydrogens is 466 g/mol. The predicted molar refractivity (Wildman–Crippen MR) is 136 cm³/mol. The standard InChI is InChI=1S/C27H24ClN3O4/c1-2-35-27(34)24(15-17-11-13-19(28)14-12-17)31-25(32)20-8-4-6-10-22(20)30-26(33)23-16-18-7-3-5-9-21(18)29-23/h3-14,16,24,29H,2,15H2,1H3,(H,30,33)(H,31,32). The minimum Gasteiger partial charge on any atom is -0.464 e. The molecule has 0 radical (unpaired) electrons. The minimum absolute atomic E-state index is 0.183. The number of H-pyrrole nitrogens is 1. The molecule has 0 aliphatic rings. The molecule has 4 rings (SSSR count). The summed E-state index contributed by atoms with van der Waals surface area (Å²) < 4.78 is 5.16. The van der Waals surface area contributed by atoms with E-state index < -0.39 is 17.9 Å². The van der Waals surface area contributed by atoms with Gasteiger partial charge in [-0.25, -0.2) is 4.79 Å². The number of carbonyl (C=O) groups is 3. The Morgan fingerprint density at radius 2 is 1.66 bits per heavy atom. The van der Waals surface area contributed by atoms with Crippen LogP contribution in [0.1, 0.15) is 33.3 Å². The van der Waals surface area contributed by atoms with Crippen molar-refractivity contribution < 1.29 is 19.1 Å². The Labute approximate surface area is 207 Å². The third-order valence-corrected chi connectivity index (χ3v) is 5.68. The first-order chi connectivity index (χ1) is 16.9. The highest BCUT2D eigenvalue weighted by molar-refractivity contribution is 6.30. The lowest BCUT2D eigenvalue weighted by molar-refractivity contribution is -0.145. The number of carbonyl (C=O) groups excluding carboxylic acids is 3. The second-order valence-corrected chi connectivity index (χ2v) is 8.32. The van der Waals surface area contributed by atoms with Gasteiger partial charge in [0.15, 0.2) is 0 Å². The van der Waals surface area contributed by atoms with Gasteiger partial charge in [-0.3, -0.25) is 9.59 Å². The summed E-state index contributed by atoms with van der Waals surface area (Å²) in [7, 11) is 0. The van der Waals surface area contributed by atoms with Crippen LogP contribution in [-0.2, 0) is 16.0 Å². The monoisotopic (exact) mass is 489 g/mol. The Bertz CT molecular complexity index is 1330. The van der Waals surface area contributed by atoms with E-state index in [1.807, 2.05) is 24.3 Å². The van der Waals surface area contributed by atoms with Crippen molar-refractivity contribution >= 4 is 46.0 Å². The van der Waals surface area contributed by atoms with Gasteiger partial charge >= 0.3 is 5.97 Å². The molecule has 0 aliphatic carbocycles. The van der Waals surface area contributed by atoms with Crippen LogP contribution in [0.25, 0.3) is 10.9 Å². The largest absolute Gasteiger partial charge is 0.464 e. The number of fused-ring (bicyclic) bond motifs is 1. The van der Waals surface area contributed by atoms with Crippen LogP contribution in [-0.4, -0.2) is 35.4 Å². The van der Waals surface area contributed by atoms with E-state index in [1.165, 1.54) is 0 Å². The van der Waals surface area contributed by atoms with Gasteiger partial charge in [0.05, 0.1) is 17.9 Å². The summed E-state index contributed by atoms with van der Waals surface area (Å²) in [5, 5.41) is 7.02.